The third-order valence-corrected chi connectivity index (χ3v) is 1.83. The molecular formula is C10H19NO5. The number of amides is 1. The monoisotopic (exact) mass is 233 g/mol. The van der Waals surface area contributed by atoms with Crippen LogP contribution in [0.5, 0.6) is 0 Å². The molecule has 6 heteroatoms. The molecule has 1 amide bonds. The van der Waals surface area contributed by atoms with Crippen molar-refractivity contribution in [3.63, 3.8) is 0 Å². The van der Waals surface area contributed by atoms with Gasteiger partial charge in [0, 0.05) is 7.11 Å². The van der Waals surface area contributed by atoms with Gasteiger partial charge in [-0.25, -0.2) is 4.79 Å². The first-order valence-electron chi connectivity index (χ1n) is 5.18. The van der Waals surface area contributed by atoms with Crippen LogP contribution in [-0.4, -0.2) is 50.0 Å². The van der Waals surface area contributed by atoms with Crippen molar-refractivity contribution in [3.05, 3.63) is 0 Å². The second kappa shape index (κ2) is 9.11. The zero-order chi connectivity index (χ0) is 12.4. The van der Waals surface area contributed by atoms with Crippen LogP contribution in [0.3, 0.4) is 0 Å². The number of methoxy groups -OCH3 is 1. The smallest absolute Gasteiger partial charge is 0.329 e. The Bertz CT molecular complexity index is 213. The lowest BCUT2D eigenvalue weighted by Crippen LogP contribution is -2.40. The van der Waals surface area contributed by atoms with E-state index in [4.69, 9.17) is 9.84 Å². The van der Waals surface area contributed by atoms with Crippen LogP contribution in [0.25, 0.3) is 0 Å². The summed E-state index contributed by atoms with van der Waals surface area (Å²) in [6.45, 7) is 1.75. The molecule has 0 aromatic rings. The Hall–Kier alpha value is -1.14. The molecule has 0 aliphatic rings. The van der Waals surface area contributed by atoms with E-state index < -0.39 is 12.6 Å². The first-order valence-corrected chi connectivity index (χ1v) is 5.18. The van der Waals surface area contributed by atoms with Gasteiger partial charge in [0.15, 0.2) is 0 Å². The van der Waals surface area contributed by atoms with Crippen LogP contribution in [0.4, 0.5) is 0 Å². The molecule has 1 unspecified atom stereocenters. The average molecular weight is 233 g/mol. The van der Waals surface area contributed by atoms with Gasteiger partial charge in [-0.1, -0.05) is 13.3 Å². The van der Waals surface area contributed by atoms with Crippen LogP contribution in [0.15, 0.2) is 0 Å². The molecule has 6 nitrogen and oxygen atoms in total. The third-order valence-electron chi connectivity index (χ3n) is 1.83. The Morgan fingerprint density at radius 1 is 1.38 bits per heavy atom. The molecule has 1 atom stereocenters. The normalized spacial score (nSPS) is 12.1. The summed E-state index contributed by atoms with van der Waals surface area (Å²) >= 11 is 0. The van der Waals surface area contributed by atoms with Gasteiger partial charge in [0.25, 0.3) is 0 Å². The highest BCUT2D eigenvalue weighted by Crippen LogP contribution is 1.96. The van der Waals surface area contributed by atoms with Crippen molar-refractivity contribution in [1.82, 2.24) is 5.32 Å². The van der Waals surface area contributed by atoms with E-state index in [9.17, 15) is 9.59 Å². The number of ether oxygens (including phenoxy) is 2. The van der Waals surface area contributed by atoms with Crippen molar-refractivity contribution < 1.29 is 24.2 Å². The number of carbonyl (C=O) groups is 2. The maximum atomic E-state index is 11.3. The number of nitrogens with one attached hydrogen (secondary N) is 1. The Morgan fingerprint density at radius 3 is 2.56 bits per heavy atom. The molecule has 0 saturated carbocycles. The first kappa shape index (κ1) is 14.9. The molecule has 0 bridgehead atoms. The molecule has 0 fully saturated rings. The van der Waals surface area contributed by atoms with Gasteiger partial charge in [0.1, 0.15) is 13.2 Å². The van der Waals surface area contributed by atoms with Gasteiger partial charge in [-0.2, -0.15) is 0 Å². The minimum atomic E-state index is -1.09. The van der Waals surface area contributed by atoms with Crippen molar-refractivity contribution in [2.75, 3.05) is 26.9 Å². The van der Waals surface area contributed by atoms with Crippen molar-refractivity contribution in [2.45, 2.75) is 25.8 Å². The number of carbonyl (C=O) groups excluding carboxylic acids is 1. The molecule has 16 heavy (non-hydrogen) atoms. The van der Waals surface area contributed by atoms with Gasteiger partial charge in [-0.05, 0) is 6.42 Å². The molecule has 0 rings (SSSR count). The molecule has 0 saturated heterocycles. The van der Waals surface area contributed by atoms with Gasteiger partial charge in [-0.3, -0.25) is 4.79 Å². The van der Waals surface area contributed by atoms with E-state index in [1.807, 2.05) is 6.92 Å². The van der Waals surface area contributed by atoms with Gasteiger partial charge < -0.3 is 19.9 Å². The van der Waals surface area contributed by atoms with Gasteiger partial charge in [-0.15, -0.1) is 0 Å². The summed E-state index contributed by atoms with van der Waals surface area (Å²) in [7, 11) is 1.57. The van der Waals surface area contributed by atoms with Crippen molar-refractivity contribution >= 4 is 11.9 Å². The third kappa shape index (κ3) is 8.19. The summed E-state index contributed by atoms with van der Waals surface area (Å²) in [5.41, 5.74) is 0. The van der Waals surface area contributed by atoms with Gasteiger partial charge in [0.05, 0.1) is 12.6 Å². The minimum Gasteiger partial charge on any atom is -0.480 e. The fraction of sp³-hybridized carbons (Fsp3) is 0.800. The van der Waals surface area contributed by atoms with Crippen molar-refractivity contribution in [2.24, 2.45) is 0 Å². The number of hydrogen-bond donors (Lipinski definition) is 2. The number of carboxylic acid groups (broad SMARTS) is 1. The van der Waals surface area contributed by atoms with Crippen LogP contribution in [-0.2, 0) is 19.1 Å². The standard InChI is InChI=1S/C10H19NO5/c1-3-4-8(5-15-2)11-9(12)6-16-7-10(13)14/h8H,3-7H2,1-2H3,(H,11,12)(H,13,14). The van der Waals surface area contributed by atoms with Gasteiger partial charge in [0.2, 0.25) is 5.91 Å². The van der Waals surface area contributed by atoms with E-state index in [0.717, 1.165) is 12.8 Å². The summed E-state index contributed by atoms with van der Waals surface area (Å²) in [6.07, 6.45) is 1.75. The zero-order valence-electron chi connectivity index (χ0n) is 9.69. The van der Waals surface area contributed by atoms with Crippen molar-refractivity contribution in [1.29, 1.82) is 0 Å². The van der Waals surface area contributed by atoms with E-state index in [2.05, 4.69) is 10.1 Å². The summed E-state index contributed by atoms with van der Waals surface area (Å²) in [5.74, 6) is -1.41. The molecule has 0 aliphatic heterocycles. The fourth-order valence-electron chi connectivity index (χ4n) is 1.25. The molecule has 94 valence electrons. The largest absolute Gasteiger partial charge is 0.480 e. The highest BCUT2D eigenvalue weighted by molar-refractivity contribution is 5.78. The highest BCUT2D eigenvalue weighted by Gasteiger charge is 2.11. The number of rotatable bonds is 9. The summed E-state index contributed by atoms with van der Waals surface area (Å²) < 4.78 is 9.61. The molecule has 0 heterocycles. The number of aliphatic carboxylic acids is 1. The van der Waals surface area contributed by atoms with E-state index in [1.54, 1.807) is 7.11 Å². The number of carboxylic acids is 1. The predicted octanol–water partition coefficient (Wildman–Crippen LogP) is 0.0189. The minimum absolute atomic E-state index is 0.0454. The van der Waals surface area contributed by atoms with E-state index in [-0.39, 0.29) is 18.6 Å². The fourth-order valence-corrected chi connectivity index (χ4v) is 1.25. The molecular weight excluding hydrogens is 214 g/mol. The van der Waals surface area contributed by atoms with E-state index in [1.165, 1.54) is 0 Å². The van der Waals surface area contributed by atoms with Crippen LogP contribution in [0, 0.1) is 0 Å². The second-order valence-corrected chi connectivity index (χ2v) is 3.39. The lowest BCUT2D eigenvalue weighted by molar-refractivity contribution is -0.143. The second-order valence-electron chi connectivity index (χ2n) is 3.39. The summed E-state index contributed by atoms with van der Waals surface area (Å²) in [4.78, 5) is 21.4. The van der Waals surface area contributed by atoms with E-state index in [0.29, 0.717) is 6.61 Å². The topological polar surface area (TPSA) is 84.9 Å². The maximum absolute atomic E-state index is 11.3. The van der Waals surface area contributed by atoms with Crippen LogP contribution in [0.1, 0.15) is 19.8 Å². The molecule has 2 N–H and O–H groups in total. The van der Waals surface area contributed by atoms with Gasteiger partial charge >= 0.3 is 5.97 Å². The summed E-state index contributed by atoms with van der Waals surface area (Å²) in [5, 5.41) is 11.0. The Balaban J connectivity index is 3.76. The van der Waals surface area contributed by atoms with Crippen LogP contribution >= 0.6 is 0 Å². The summed E-state index contributed by atoms with van der Waals surface area (Å²) in [6, 6.07) is -0.0454. The first-order chi connectivity index (χ1) is 7.60. The molecule has 0 radical (unpaired) electrons. The highest BCUT2D eigenvalue weighted by atomic mass is 16.5. The van der Waals surface area contributed by atoms with Crippen LogP contribution < -0.4 is 5.32 Å². The zero-order valence-corrected chi connectivity index (χ0v) is 9.69. The van der Waals surface area contributed by atoms with E-state index >= 15 is 0 Å². The Morgan fingerprint density at radius 2 is 2.06 bits per heavy atom. The maximum Gasteiger partial charge on any atom is 0.329 e. The number of hydrogen-bond acceptors (Lipinski definition) is 4. The molecule has 0 aliphatic carbocycles. The van der Waals surface area contributed by atoms with Crippen LogP contribution in [0.2, 0.25) is 0 Å². The molecule has 0 spiro atoms. The lowest BCUT2D eigenvalue weighted by atomic mass is 10.2. The quantitative estimate of drug-likeness (QED) is 0.586. The average Bonchev–Trinajstić information content (AvgIpc) is 2.17. The van der Waals surface area contributed by atoms with Crippen molar-refractivity contribution in [3.8, 4) is 0 Å². The predicted molar refractivity (Wildman–Crippen MR) is 57.2 cm³/mol. The lowest BCUT2D eigenvalue weighted by Gasteiger charge is -2.16. The Kier molecular flexibility index (Phi) is 8.46. The molecule has 0 aromatic carbocycles. The Labute approximate surface area is 94.9 Å². The SMILES string of the molecule is CCCC(COC)NC(=O)COCC(=O)O. The molecule has 0 aromatic heterocycles.